The van der Waals surface area contributed by atoms with E-state index in [0.29, 0.717) is 6.42 Å². The fraction of sp³-hybridized carbons (Fsp3) is 0.515. The molecule has 2 unspecified atom stereocenters. The quantitative estimate of drug-likeness (QED) is 0.0284. The number of carboxylic acid groups (broad SMARTS) is 2. The summed E-state index contributed by atoms with van der Waals surface area (Å²) >= 11 is 0.718. The maximum absolute atomic E-state index is 12.6. The highest BCUT2D eigenvalue weighted by atomic mass is 32.2. The Labute approximate surface area is 378 Å². The van der Waals surface area contributed by atoms with Gasteiger partial charge in [-0.25, -0.2) is 28.6 Å². The van der Waals surface area contributed by atoms with E-state index in [1.54, 1.807) is 0 Å². The highest BCUT2D eigenvalue weighted by Crippen LogP contribution is 2.61. The molecule has 29 nitrogen and oxygen atoms in total. The summed E-state index contributed by atoms with van der Waals surface area (Å²) in [6.45, 7) is 0.132. The number of rotatable bonds is 24. The van der Waals surface area contributed by atoms with Crippen molar-refractivity contribution in [3.63, 3.8) is 0 Å². The lowest BCUT2D eigenvalue weighted by molar-refractivity contribution is -0.139. The van der Waals surface area contributed by atoms with Gasteiger partial charge in [0.2, 0.25) is 11.8 Å². The van der Waals surface area contributed by atoms with Gasteiger partial charge in [0.1, 0.15) is 48.7 Å². The van der Waals surface area contributed by atoms with Crippen LogP contribution in [0.25, 0.3) is 11.2 Å². The maximum Gasteiger partial charge on any atom is 0.481 e. The Kier molecular flexibility index (Phi) is 20.9. The lowest BCUT2D eigenvalue weighted by atomic mass is 9.87. The van der Waals surface area contributed by atoms with Crippen LogP contribution in [0.3, 0.4) is 0 Å². The highest BCUT2D eigenvalue weighted by Gasteiger charge is 2.50. The zero-order valence-corrected chi connectivity index (χ0v) is 38.2. The monoisotopic (exact) mass is 1020 g/mol. The van der Waals surface area contributed by atoms with Gasteiger partial charge in [-0.15, -0.1) is 0 Å². The average Bonchev–Trinajstić information content (AvgIpc) is 3.77. The predicted octanol–water partition coefficient (Wildman–Crippen LogP) is -1.22. The van der Waals surface area contributed by atoms with Crippen molar-refractivity contribution < 1.29 is 100 Å². The first-order chi connectivity index (χ1) is 30.6. The Hall–Kier alpha value is -4.32. The number of anilines is 1. The summed E-state index contributed by atoms with van der Waals surface area (Å²) in [6, 6.07) is 8.54. The number of fused-ring (bicyclic) bond motifs is 1. The number of aliphatic carboxylic acids is 2. The normalized spacial score (nSPS) is 20.2. The van der Waals surface area contributed by atoms with Crippen molar-refractivity contribution in [1.29, 1.82) is 0 Å². The molecule has 2 aromatic heterocycles. The summed E-state index contributed by atoms with van der Waals surface area (Å²) in [5, 5.41) is 42.5. The number of carbonyl (C=O) groups excluding carboxylic acids is 3. The molecule has 33 heteroatoms. The topological polar surface area (TPSA) is 464 Å². The van der Waals surface area contributed by atoms with Crippen LogP contribution in [-0.2, 0) is 66.7 Å². The first kappa shape index (κ1) is 56.0. The van der Waals surface area contributed by atoms with E-state index in [0.717, 1.165) is 34.5 Å². The lowest BCUT2D eigenvalue weighted by Crippen LogP contribution is -2.46. The van der Waals surface area contributed by atoms with Crippen LogP contribution in [0, 0.1) is 5.41 Å². The third kappa shape index (κ3) is 18.4. The molecular formula is C33H49N8O21P3S. The van der Waals surface area contributed by atoms with Gasteiger partial charge in [-0.3, -0.25) is 42.1 Å². The number of hydrogen-bond acceptors (Lipinski definition) is 21. The molecule has 66 heavy (non-hydrogen) atoms. The molecule has 0 spiro atoms. The second-order valence-electron chi connectivity index (χ2n) is 14.5. The number of nitrogens with one attached hydrogen (secondary N) is 2. The maximum atomic E-state index is 12.6. The van der Waals surface area contributed by atoms with Crippen LogP contribution in [0.2, 0.25) is 0 Å². The van der Waals surface area contributed by atoms with Gasteiger partial charge in [-0.1, -0.05) is 55.9 Å². The minimum atomic E-state index is -5.59. The molecule has 1 aliphatic rings. The number of aliphatic hydroxyl groups excluding tert-OH is 2. The van der Waals surface area contributed by atoms with Gasteiger partial charge in [0.05, 0.1) is 19.5 Å². The number of ether oxygens (including phenoxy) is 1. The number of nitrogen functional groups attached to an aromatic ring is 1. The van der Waals surface area contributed by atoms with Crippen LogP contribution in [0.5, 0.6) is 0 Å². The third-order valence-electron chi connectivity index (χ3n) is 8.68. The number of aromatic nitrogens is 4. The molecule has 3 aromatic rings. The Bertz CT molecular complexity index is 2310. The molecule has 1 aromatic carbocycles. The van der Waals surface area contributed by atoms with Crippen LogP contribution < -0.4 is 22.1 Å². The van der Waals surface area contributed by atoms with Crippen molar-refractivity contribution in [3.8, 4) is 0 Å². The number of carbonyl (C=O) groups is 5. The lowest BCUT2D eigenvalue weighted by Gasteiger charge is -2.30. The van der Waals surface area contributed by atoms with E-state index in [2.05, 4.69) is 34.4 Å². The number of imidazole rings is 1. The standard InChI is InChI=1S/C24H38N7O19P3S.C9H11NO2/c1-24(2,19(37)22(38)27-4-3-13(32)26-5-6-54-15(35)7-14(33)34)9-47-53(44,45)50-52(42,43)46-8-12-18(49-51(39,40)41)17(36)23(48-12)31-11-30-16-20(25)28-10-29-21(16)31;10-8(9(11)12)6-7-4-2-1-3-5-7/h10-12,17-19,23,36-37H,3-9H2,1-2H3,(H,26,32)(H,27,38)(H,33,34)(H,42,43)(H,44,45)(H2,25,28,29)(H2,39,40,41);1-5,8H,6,10H2,(H,11,12)/t12-,17-,18-,19+,23-;8-/m10/s1. The molecule has 1 fully saturated rings. The second kappa shape index (κ2) is 24.6. The summed E-state index contributed by atoms with van der Waals surface area (Å²) in [4.78, 5) is 107. The summed E-state index contributed by atoms with van der Waals surface area (Å²) in [6.07, 6.45) is -7.40. The largest absolute Gasteiger partial charge is 0.481 e. The molecule has 0 aliphatic carbocycles. The van der Waals surface area contributed by atoms with Gasteiger partial charge in [-0.2, -0.15) is 4.31 Å². The molecule has 368 valence electrons. The Morgan fingerprint density at radius 1 is 0.970 bits per heavy atom. The van der Waals surface area contributed by atoms with Gasteiger partial charge >= 0.3 is 35.4 Å². The zero-order chi connectivity index (χ0) is 49.6. The molecule has 0 radical (unpaired) electrons. The minimum absolute atomic E-state index is 0.0185. The number of hydrogen-bond donors (Lipinski definition) is 12. The molecule has 2 amide bonds. The number of benzene rings is 1. The van der Waals surface area contributed by atoms with Crippen LogP contribution in [0.15, 0.2) is 43.0 Å². The number of nitrogens with zero attached hydrogens (tertiary/aromatic N) is 4. The van der Waals surface area contributed by atoms with E-state index in [-0.39, 0.29) is 42.2 Å². The molecule has 8 atom stereocenters. The minimum Gasteiger partial charge on any atom is -0.481 e. The number of amides is 2. The van der Waals surface area contributed by atoms with Crippen molar-refractivity contribution in [3.05, 3.63) is 48.5 Å². The van der Waals surface area contributed by atoms with E-state index < -0.39 is 114 Å². The molecule has 1 saturated heterocycles. The van der Waals surface area contributed by atoms with Gasteiger partial charge in [0.15, 0.2) is 22.8 Å². The van der Waals surface area contributed by atoms with Crippen molar-refractivity contribution in [2.75, 3.05) is 37.8 Å². The van der Waals surface area contributed by atoms with Gasteiger partial charge in [0.25, 0.3) is 0 Å². The number of thioether (sulfide) groups is 1. The fourth-order valence-electron chi connectivity index (χ4n) is 5.42. The van der Waals surface area contributed by atoms with E-state index >= 15 is 0 Å². The van der Waals surface area contributed by atoms with Gasteiger partial charge < -0.3 is 66.8 Å². The molecule has 14 N–H and O–H groups in total. The first-order valence-electron chi connectivity index (χ1n) is 18.9. The summed E-state index contributed by atoms with van der Waals surface area (Å²) in [5.41, 5.74) is 10.5. The van der Waals surface area contributed by atoms with E-state index in [1.807, 2.05) is 30.3 Å². The molecule has 0 saturated carbocycles. The molecule has 3 heterocycles. The van der Waals surface area contributed by atoms with Gasteiger partial charge in [-0.05, 0) is 12.0 Å². The van der Waals surface area contributed by atoms with Crippen LogP contribution in [0.1, 0.15) is 38.5 Å². The molecule has 0 bridgehead atoms. The first-order valence-corrected chi connectivity index (χ1v) is 24.4. The summed E-state index contributed by atoms with van der Waals surface area (Å²) < 4.78 is 61.8. The molecular weight excluding hydrogens is 969 g/mol. The summed E-state index contributed by atoms with van der Waals surface area (Å²) in [5.74, 6) is -3.75. The van der Waals surface area contributed by atoms with Crippen LogP contribution >= 0.6 is 35.2 Å². The number of carboxylic acids is 2. The van der Waals surface area contributed by atoms with E-state index in [1.165, 1.54) is 13.8 Å². The predicted molar refractivity (Wildman–Crippen MR) is 225 cm³/mol. The summed E-state index contributed by atoms with van der Waals surface area (Å²) in [7, 11) is -16.4. The van der Waals surface area contributed by atoms with Crippen molar-refractivity contribution in [2.24, 2.45) is 11.1 Å². The molecule has 4 rings (SSSR count). The average molecular weight is 1020 g/mol. The number of phosphoric acid groups is 3. The highest BCUT2D eigenvalue weighted by molar-refractivity contribution is 8.13. The SMILES string of the molecule is CC(C)(COP(=O)(O)OP(=O)(O)OC[C@H]1O[C@@H](n2cnc3c(N)ncnc32)[C@H](O)[C@@H]1OP(=O)(O)O)[C@@H](O)C(=O)NCCC(=O)NCCSC(=O)CC(=O)O.N[C@@H](Cc1ccccc1)C(=O)O. The van der Waals surface area contributed by atoms with Crippen molar-refractivity contribution >= 4 is 81.1 Å². The van der Waals surface area contributed by atoms with E-state index in [4.69, 9.17) is 35.5 Å². The number of nitrogens with two attached hydrogens (primary N) is 2. The van der Waals surface area contributed by atoms with Gasteiger partial charge in [0, 0.05) is 30.7 Å². The van der Waals surface area contributed by atoms with Crippen LogP contribution in [0.4, 0.5) is 5.82 Å². The van der Waals surface area contributed by atoms with E-state index in [9.17, 15) is 67.5 Å². The second-order valence-corrected chi connectivity index (χ2v) is 19.9. The number of aliphatic hydroxyl groups is 2. The van der Waals surface area contributed by atoms with Crippen LogP contribution in [-0.4, -0.2) is 151 Å². The smallest absolute Gasteiger partial charge is 0.481 e. The Morgan fingerprint density at radius 3 is 2.24 bits per heavy atom. The Morgan fingerprint density at radius 2 is 1.62 bits per heavy atom. The zero-order valence-electron chi connectivity index (χ0n) is 34.7. The fourth-order valence-corrected chi connectivity index (χ4v) is 8.91. The third-order valence-corrected chi connectivity index (χ3v) is 12.7. The van der Waals surface area contributed by atoms with Crippen molar-refractivity contribution in [2.45, 2.75) is 69.8 Å². The Balaban J connectivity index is 0.000000831. The molecule has 1 aliphatic heterocycles. The van der Waals surface area contributed by atoms with Crippen molar-refractivity contribution in [1.82, 2.24) is 30.2 Å². The number of phosphoric ester groups is 3.